The van der Waals surface area contributed by atoms with Crippen molar-refractivity contribution in [1.29, 1.82) is 0 Å². The molecule has 1 aliphatic carbocycles. The summed E-state index contributed by atoms with van der Waals surface area (Å²) in [6.07, 6.45) is 9.33. The molecule has 0 saturated heterocycles. The van der Waals surface area contributed by atoms with Gasteiger partial charge in [0.25, 0.3) is 5.91 Å². The molecule has 1 saturated carbocycles. The van der Waals surface area contributed by atoms with Crippen molar-refractivity contribution in [2.75, 3.05) is 6.61 Å². The lowest BCUT2D eigenvalue weighted by Crippen LogP contribution is -2.46. The van der Waals surface area contributed by atoms with Crippen LogP contribution >= 0.6 is 12.2 Å². The average molecular weight is 419 g/mol. The lowest BCUT2D eigenvalue weighted by molar-refractivity contribution is 0.0976. The van der Waals surface area contributed by atoms with E-state index < -0.39 is 0 Å². The minimum atomic E-state index is -0.180. The summed E-state index contributed by atoms with van der Waals surface area (Å²) in [7, 11) is 0. The van der Waals surface area contributed by atoms with Gasteiger partial charge in [-0.25, -0.2) is 0 Å². The number of unbranched alkanes of at least 4 members (excludes halogenated alkanes) is 3. The van der Waals surface area contributed by atoms with Crippen molar-refractivity contribution in [3.8, 4) is 5.75 Å². The Morgan fingerprint density at radius 1 is 1.07 bits per heavy atom. The molecule has 0 radical (unpaired) electrons. The number of rotatable bonds is 8. The lowest BCUT2D eigenvalue weighted by atomic mass is 9.71. The summed E-state index contributed by atoms with van der Waals surface area (Å²) < 4.78 is 5.73. The van der Waals surface area contributed by atoms with E-state index in [1.54, 1.807) is 12.1 Å². The van der Waals surface area contributed by atoms with Crippen molar-refractivity contribution in [3.63, 3.8) is 0 Å². The first-order valence-electron chi connectivity index (χ1n) is 11.1. The van der Waals surface area contributed by atoms with Crippen LogP contribution < -0.4 is 15.4 Å². The SMILES string of the molecule is CCCCCCOc1ccc(C(=O)NC(=S)NC2CCC(C(C)(C)C)CC2)cc1. The number of hydrogen-bond donors (Lipinski definition) is 2. The molecule has 0 bridgehead atoms. The van der Waals surface area contributed by atoms with Gasteiger partial charge in [0.1, 0.15) is 5.75 Å². The normalized spacial score (nSPS) is 19.4. The molecule has 1 aromatic rings. The summed E-state index contributed by atoms with van der Waals surface area (Å²) in [6.45, 7) is 9.87. The Morgan fingerprint density at radius 3 is 2.31 bits per heavy atom. The van der Waals surface area contributed by atoms with Crippen LogP contribution in [-0.2, 0) is 0 Å². The molecule has 0 aromatic heterocycles. The van der Waals surface area contributed by atoms with Gasteiger partial charge in [0.2, 0.25) is 0 Å². The Balaban J connectivity index is 1.72. The van der Waals surface area contributed by atoms with Crippen molar-refractivity contribution in [2.45, 2.75) is 85.1 Å². The number of amides is 1. The van der Waals surface area contributed by atoms with Crippen LogP contribution in [0.4, 0.5) is 0 Å². The summed E-state index contributed by atoms with van der Waals surface area (Å²) in [4.78, 5) is 12.4. The number of carbonyl (C=O) groups excluding carboxylic acids is 1. The van der Waals surface area contributed by atoms with Crippen molar-refractivity contribution >= 4 is 23.2 Å². The highest BCUT2D eigenvalue weighted by Gasteiger charge is 2.29. The maximum atomic E-state index is 12.4. The second-order valence-electron chi connectivity index (χ2n) is 9.28. The van der Waals surface area contributed by atoms with E-state index in [2.05, 4.69) is 38.3 Å². The maximum Gasteiger partial charge on any atom is 0.257 e. The van der Waals surface area contributed by atoms with Crippen LogP contribution in [0.25, 0.3) is 0 Å². The maximum absolute atomic E-state index is 12.4. The zero-order chi connectivity index (χ0) is 21.3. The Bertz CT molecular complexity index is 644. The van der Waals surface area contributed by atoms with Crippen LogP contribution in [0.15, 0.2) is 24.3 Å². The summed E-state index contributed by atoms with van der Waals surface area (Å²) >= 11 is 5.36. The van der Waals surface area contributed by atoms with Crippen molar-refractivity contribution in [1.82, 2.24) is 10.6 Å². The van der Waals surface area contributed by atoms with Gasteiger partial charge < -0.3 is 10.1 Å². The highest BCUT2D eigenvalue weighted by atomic mass is 32.1. The number of hydrogen-bond acceptors (Lipinski definition) is 3. The van der Waals surface area contributed by atoms with Crippen LogP contribution in [0, 0.1) is 11.3 Å². The summed E-state index contributed by atoms with van der Waals surface area (Å²) in [5.41, 5.74) is 0.953. The highest BCUT2D eigenvalue weighted by Crippen LogP contribution is 2.37. The molecule has 2 N–H and O–H groups in total. The van der Waals surface area contributed by atoms with Crippen molar-refractivity contribution in [3.05, 3.63) is 29.8 Å². The van der Waals surface area contributed by atoms with Crippen LogP contribution in [0.2, 0.25) is 0 Å². The molecule has 1 amide bonds. The van der Waals surface area contributed by atoms with E-state index in [4.69, 9.17) is 17.0 Å². The van der Waals surface area contributed by atoms with Gasteiger partial charge in [-0.05, 0) is 79.9 Å². The van der Waals surface area contributed by atoms with Gasteiger partial charge in [0, 0.05) is 11.6 Å². The quantitative estimate of drug-likeness (QED) is 0.410. The fraction of sp³-hybridized carbons (Fsp3) is 0.667. The van der Waals surface area contributed by atoms with E-state index in [1.165, 1.54) is 32.1 Å². The zero-order valence-electron chi connectivity index (χ0n) is 18.6. The van der Waals surface area contributed by atoms with Crippen LogP contribution in [0.1, 0.15) is 89.4 Å². The number of thiocarbonyl (C=S) groups is 1. The minimum Gasteiger partial charge on any atom is -0.494 e. The molecule has 1 fully saturated rings. The van der Waals surface area contributed by atoms with E-state index in [9.17, 15) is 4.79 Å². The summed E-state index contributed by atoms with van der Waals surface area (Å²) in [5, 5.41) is 6.56. The monoisotopic (exact) mass is 418 g/mol. The van der Waals surface area contributed by atoms with Crippen LogP contribution in [0.3, 0.4) is 0 Å². The Labute approximate surface area is 182 Å². The van der Waals surface area contributed by atoms with Crippen molar-refractivity contribution in [2.24, 2.45) is 11.3 Å². The lowest BCUT2D eigenvalue weighted by Gasteiger charge is -2.37. The number of carbonyl (C=O) groups is 1. The van der Waals surface area contributed by atoms with Crippen molar-refractivity contribution < 1.29 is 9.53 Å². The van der Waals surface area contributed by atoms with E-state index in [0.717, 1.165) is 37.5 Å². The fourth-order valence-corrected chi connectivity index (χ4v) is 4.18. The molecular weight excluding hydrogens is 380 g/mol. The summed E-state index contributed by atoms with van der Waals surface area (Å²) in [6, 6.07) is 7.62. The predicted molar refractivity (Wildman–Crippen MR) is 124 cm³/mol. The minimum absolute atomic E-state index is 0.180. The molecule has 0 aliphatic heterocycles. The van der Waals surface area contributed by atoms with Gasteiger partial charge in [-0.2, -0.15) is 0 Å². The zero-order valence-corrected chi connectivity index (χ0v) is 19.4. The topological polar surface area (TPSA) is 50.4 Å². The average Bonchev–Trinajstić information content (AvgIpc) is 2.68. The van der Waals surface area contributed by atoms with E-state index in [0.29, 0.717) is 22.1 Å². The molecule has 4 nitrogen and oxygen atoms in total. The molecular formula is C24H38N2O2S. The standard InChI is InChI=1S/C24H38N2O2S/c1-5-6-7-8-17-28-21-15-9-18(10-16-21)22(27)26-23(29)25-20-13-11-19(12-14-20)24(2,3)4/h9-10,15-16,19-20H,5-8,11-14,17H2,1-4H3,(H2,25,26,27,29). The molecule has 0 atom stereocenters. The van der Waals surface area contributed by atoms with E-state index >= 15 is 0 Å². The molecule has 2 rings (SSSR count). The van der Waals surface area contributed by atoms with E-state index in [1.807, 2.05) is 12.1 Å². The molecule has 1 aliphatic rings. The largest absolute Gasteiger partial charge is 0.494 e. The van der Waals surface area contributed by atoms with Gasteiger partial charge in [-0.1, -0.05) is 47.0 Å². The smallest absolute Gasteiger partial charge is 0.257 e. The third kappa shape index (κ3) is 8.33. The molecule has 1 aromatic carbocycles. The predicted octanol–water partition coefficient (Wildman–Crippen LogP) is 5.85. The molecule has 0 spiro atoms. The molecule has 29 heavy (non-hydrogen) atoms. The van der Waals surface area contributed by atoms with E-state index in [-0.39, 0.29) is 5.91 Å². The van der Waals surface area contributed by atoms with Gasteiger partial charge >= 0.3 is 0 Å². The molecule has 0 heterocycles. The Morgan fingerprint density at radius 2 is 1.72 bits per heavy atom. The first-order valence-corrected chi connectivity index (χ1v) is 11.5. The highest BCUT2D eigenvalue weighted by molar-refractivity contribution is 7.80. The molecule has 0 unspecified atom stereocenters. The first-order chi connectivity index (χ1) is 13.8. The van der Waals surface area contributed by atoms with Gasteiger partial charge in [-0.15, -0.1) is 0 Å². The second-order valence-corrected chi connectivity index (χ2v) is 9.68. The van der Waals surface area contributed by atoms with Crippen LogP contribution in [0.5, 0.6) is 5.75 Å². The number of benzene rings is 1. The van der Waals surface area contributed by atoms with Gasteiger partial charge in [0.15, 0.2) is 5.11 Å². The number of ether oxygens (including phenoxy) is 1. The molecule has 5 heteroatoms. The van der Waals surface area contributed by atoms with Gasteiger partial charge in [0.05, 0.1) is 6.61 Å². The van der Waals surface area contributed by atoms with Crippen LogP contribution in [-0.4, -0.2) is 23.7 Å². The third-order valence-corrected chi connectivity index (χ3v) is 6.12. The fourth-order valence-electron chi connectivity index (χ4n) is 3.92. The Kier molecular flexibility index (Phi) is 9.41. The third-order valence-electron chi connectivity index (χ3n) is 5.90. The summed E-state index contributed by atoms with van der Waals surface area (Å²) in [5.74, 6) is 1.38. The Hall–Kier alpha value is -1.62. The van der Waals surface area contributed by atoms with Gasteiger partial charge in [-0.3, -0.25) is 10.1 Å². The second kappa shape index (κ2) is 11.5. The first kappa shape index (κ1) is 23.7. The number of nitrogens with one attached hydrogen (secondary N) is 2. The molecule has 162 valence electrons.